The molecule has 7 heteroatoms. The first-order valence-corrected chi connectivity index (χ1v) is 1.00. The van der Waals surface area contributed by atoms with E-state index in [1.54, 1.807) is 0 Å². The van der Waals surface area contributed by atoms with Crippen LogP contribution in [0.15, 0.2) is 0 Å². The van der Waals surface area contributed by atoms with Gasteiger partial charge in [-0.05, 0) is 0 Å². The minimum Gasteiger partial charge on any atom is 0 e. The van der Waals surface area contributed by atoms with Gasteiger partial charge in [0.15, 0.2) is 0 Å². The second-order valence-electron chi connectivity index (χ2n) is 0. The van der Waals surface area contributed by atoms with Gasteiger partial charge < -0.3 is 0 Å². The van der Waals surface area contributed by atoms with Crippen molar-refractivity contribution in [1.29, 1.82) is 0 Å². The molecule has 0 nitrogen and oxygen atoms in total. The van der Waals surface area contributed by atoms with E-state index >= 15 is 0 Å². The zero-order chi connectivity index (χ0) is 6.00. The first-order valence-electron chi connectivity index (χ1n) is 1.00. The second kappa shape index (κ2) is 131. The van der Waals surface area contributed by atoms with Gasteiger partial charge in [0.1, 0.15) is 0 Å². The molecule has 0 aromatic heterocycles. The van der Waals surface area contributed by atoms with Gasteiger partial charge in [-0.2, -0.15) is 0 Å². The van der Waals surface area contributed by atoms with Crippen LogP contribution in [-0.4, -0.2) is 44.2 Å². The summed E-state index contributed by atoms with van der Waals surface area (Å²) in [5.74, 6) is 0. The molecule has 0 rings (SSSR count). The molecule has 0 aromatic rings. The fourth-order valence-electron chi connectivity index (χ4n) is 0. The topological polar surface area (TPSA) is 0 Å². The third-order valence-corrected chi connectivity index (χ3v) is 0. The smallest absolute Gasteiger partial charge is 0 e. The Morgan fingerprint density at radius 3 is 0.429 bits per heavy atom. The van der Waals surface area contributed by atoms with Crippen LogP contribution in [0.4, 0.5) is 0 Å². The summed E-state index contributed by atoms with van der Waals surface area (Å²) in [6, 6.07) is 0. The summed E-state index contributed by atoms with van der Waals surface area (Å²) in [4.78, 5) is 0. The zero-order valence-corrected chi connectivity index (χ0v) is 7.67. The van der Waals surface area contributed by atoms with Gasteiger partial charge in [-0.25, -0.2) is 0 Å². The first kappa shape index (κ1) is 23.5. The Labute approximate surface area is 79.1 Å². The Hall–Kier alpha value is 1.58. The molecule has 0 amide bonds. The maximum absolute atomic E-state index is 4.00. The molecule has 0 aliphatic carbocycles. The van der Waals surface area contributed by atoms with Gasteiger partial charge in [0.2, 0.25) is 0 Å². The SMILES string of the molecule is [B]=[B].[B]=[B].[B]=[B].[La]. The molecule has 0 saturated carbocycles. The molecule has 0 heterocycles. The Morgan fingerprint density at radius 2 is 0.429 bits per heavy atom. The summed E-state index contributed by atoms with van der Waals surface area (Å²) < 4.78 is 0. The van der Waals surface area contributed by atoms with Gasteiger partial charge >= 0.3 is 44.2 Å². The molecule has 7 radical (unpaired) electrons. The van der Waals surface area contributed by atoms with E-state index < -0.39 is 0 Å². The molecule has 21 valence electrons. The number of hydrogen-bond donors (Lipinski definition) is 0. The number of rotatable bonds is 0. The second-order valence-corrected chi connectivity index (χ2v) is 0. The maximum atomic E-state index is 4.00. The van der Waals surface area contributed by atoms with E-state index in [4.69, 9.17) is 0 Å². The summed E-state index contributed by atoms with van der Waals surface area (Å²) in [5, 5.41) is 0. The van der Waals surface area contributed by atoms with Crippen LogP contribution in [0.5, 0.6) is 0 Å². The van der Waals surface area contributed by atoms with Crippen LogP contribution in [0.2, 0.25) is 0 Å². The minimum atomic E-state index is 0. The average Bonchev–Trinajstić information content (AvgIpc) is 1.81. The molecule has 7 heavy (non-hydrogen) atoms. The maximum Gasteiger partial charge on any atom is 0 e. The molecule has 0 saturated heterocycles. The predicted molar refractivity (Wildman–Crippen MR) is 34.5 cm³/mol. The fourth-order valence-corrected chi connectivity index (χ4v) is 0. The van der Waals surface area contributed by atoms with Gasteiger partial charge in [0.05, 0.1) is 0 Å². The van der Waals surface area contributed by atoms with Crippen molar-refractivity contribution in [3.63, 3.8) is 0 Å². The quantitative estimate of drug-likeness (QED) is 0.389. The number of hydrogen-bond acceptors (Lipinski definition) is 0. The molecular formula is B6La. The standard InChI is InChI=1S/3B2.La/c3*1-2;. The van der Waals surface area contributed by atoms with Gasteiger partial charge in [0, 0.05) is 35.6 Å². The molecule has 0 bridgehead atoms. The van der Waals surface area contributed by atoms with Gasteiger partial charge in [-0.15, -0.1) is 0 Å². The summed E-state index contributed by atoms with van der Waals surface area (Å²) in [5.41, 5.74) is 0. The average molecular weight is 204 g/mol. The van der Waals surface area contributed by atoms with Crippen molar-refractivity contribution in [3.05, 3.63) is 0 Å². The van der Waals surface area contributed by atoms with Gasteiger partial charge in [0.25, 0.3) is 0 Å². The van der Waals surface area contributed by atoms with Crippen molar-refractivity contribution in [1.82, 2.24) is 0 Å². The molecule has 0 fully saturated rings. The van der Waals surface area contributed by atoms with Crippen molar-refractivity contribution in [2.24, 2.45) is 0 Å². The molecular weight excluding hydrogens is 204 g/mol. The summed E-state index contributed by atoms with van der Waals surface area (Å²) in [6.07, 6.45) is 0. The van der Waals surface area contributed by atoms with Crippen LogP contribution < -0.4 is 0 Å². The van der Waals surface area contributed by atoms with E-state index in [0.717, 1.165) is 0 Å². The van der Waals surface area contributed by atoms with Gasteiger partial charge in [-0.3, -0.25) is 0 Å². The van der Waals surface area contributed by atoms with E-state index in [2.05, 4.69) is 44.2 Å². The summed E-state index contributed by atoms with van der Waals surface area (Å²) >= 11 is 0. The summed E-state index contributed by atoms with van der Waals surface area (Å²) in [7, 11) is 24.0. The van der Waals surface area contributed by atoms with Crippen LogP contribution in [0.25, 0.3) is 0 Å². The monoisotopic (exact) mass is 205 g/mol. The third kappa shape index (κ3) is 94.2. The third-order valence-electron chi connectivity index (χ3n) is 0. The van der Waals surface area contributed by atoms with Crippen LogP contribution in [0, 0.1) is 35.6 Å². The fraction of sp³-hybridized carbons (Fsp3) is 0. The van der Waals surface area contributed by atoms with Crippen LogP contribution >= 0.6 is 0 Å². The Balaban J connectivity index is -0.00000000900. The molecule has 0 N–H and O–H groups in total. The molecule has 0 aromatic carbocycles. The van der Waals surface area contributed by atoms with Crippen LogP contribution in [0.3, 0.4) is 0 Å². The Bertz CT molecular complexity index is 8.90. The molecule has 0 aliphatic heterocycles. The van der Waals surface area contributed by atoms with E-state index in [0.29, 0.717) is 0 Å². The van der Waals surface area contributed by atoms with Crippen molar-refractivity contribution in [2.45, 2.75) is 0 Å². The molecule has 0 atom stereocenters. The van der Waals surface area contributed by atoms with Crippen molar-refractivity contribution in [2.75, 3.05) is 0 Å². The van der Waals surface area contributed by atoms with E-state index in [-0.39, 0.29) is 35.6 Å². The summed E-state index contributed by atoms with van der Waals surface area (Å²) in [6.45, 7) is 0. The molecule has 0 unspecified atom stereocenters. The van der Waals surface area contributed by atoms with E-state index in [1.165, 1.54) is 0 Å². The molecule has 0 aliphatic rings. The van der Waals surface area contributed by atoms with Crippen LogP contribution in [0.1, 0.15) is 0 Å². The predicted octanol–water partition coefficient (Wildman–Crippen LogP) is -2.28. The normalized spacial score (nSPS) is 0.857. The van der Waals surface area contributed by atoms with Gasteiger partial charge in [-0.1, -0.05) is 0 Å². The van der Waals surface area contributed by atoms with Crippen molar-refractivity contribution in [3.8, 4) is 0 Å². The van der Waals surface area contributed by atoms with Crippen molar-refractivity contribution >= 4 is 44.2 Å². The van der Waals surface area contributed by atoms with Crippen molar-refractivity contribution < 1.29 is 35.6 Å². The zero-order valence-electron chi connectivity index (χ0n) is 4.04. The Kier molecular flexibility index (Phi) is 440. The van der Waals surface area contributed by atoms with E-state index in [1.807, 2.05) is 0 Å². The minimum absolute atomic E-state index is 0. The first-order chi connectivity index (χ1) is 3.00. The van der Waals surface area contributed by atoms with E-state index in [9.17, 15) is 0 Å². The van der Waals surface area contributed by atoms with Crippen LogP contribution in [-0.2, 0) is 0 Å². The Morgan fingerprint density at radius 1 is 0.429 bits per heavy atom. The molecule has 0 spiro atoms. The largest absolute Gasteiger partial charge is 0 e.